The predicted molar refractivity (Wildman–Crippen MR) is 215 cm³/mol. The summed E-state index contributed by atoms with van der Waals surface area (Å²) in [6.07, 6.45) is 25.0. The third-order valence-corrected chi connectivity index (χ3v) is 10.5. The maximum Gasteiger partial charge on any atom is 0.249 e. The Balaban J connectivity index is 2.23. The summed E-state index contributed by atoms with van der Waals surface area (Å²) in [4.78, 5) is 12.9. The Labute approximate surface area is 327 Å². The number of rotatable bonds is 35. The number of amides is 1. The minimum atomic E-state index is -1.66. The van der Waals surface area contributed by atoms with Crippen LogP contribution in [-0.2, 0) is 14.3 Å². The van der Waals surface area contributed by atoms with Gasteiger partial charge in [0.25, 0.3) is 0 Å². The van der Waals surface area contributed by atoms with Crippen LogP contribution in [0, 0.1) is 0 Å². The van der Waals surface area contributed by atoms with Crippen molar-refractivity contribution in [1.82, 2.24) is 5.32 Å². The van der Waals surface area contributed by atoms with Gasteiger partial charge in [0.05, 0.1) is 25.4 Å². The molecule has 1 saturated heterocycles. The summed E-state index contributed by atoms with van der Waals surface area (Å²) in [6.45, 7) is 3.22. The Bertz CT molecular complexity index is 934. The lowest BCUT2D eigenvalue weighted by Crippen LogP contribution is -2.60. The summed E-state index contributed by atoms with van der Waals surface area (Å²) in [5, 5.41) is 74.5. The zero-order valence-corrected chi connectivity index (χ0v) is 34.0. The highest BCUT2D eigenvalue weighted by molar-refractivity contribution is 5.80. The van der Waals surface area contributed by atoms with Gasteiger partial charge in [-0.15, -0.1) is 0 Å². The van der Waals surface area contributed by atoms with Crippen LogP contribution in [0.25, 0.3) is 0 Å². The average molecular weight is 772 g/mol. The highest BCUT2D eigenvalue weighted by Crippen LogP contribution is 2.23. The molecule has 0 bridgehead atoms. The van der Waals surface area contributed by atoms with Crippen molar-refractivity contribution in [2.45, 2.75) is 229 Å². The summed E-state index contributed by atoms with van der Waals surface area (Å²) in [7, 11) is 0. The maximum atomic E-state index is 12.9. The van der Waals surface area contributed by atoms with E-state index in [1.165, 1.54) is 89.9 Å². The highest BCUT2D eigenvalue weighted by atomic mass is 16.7. The van der Waals surface area contributed by atoms with E-state index in [0.29, 0.717) is 19.3 Å². The van der Waals surface area contributed by atoms with Crippen LogP contribution in [0.15, 0.2) is 24.3 Å². The van der Waals surface area contributed by atoms with Gasteiger partial charge in [0.15, 0.2) is 6.29 Å². The van der Waals surface area contributed by atoms with Crippen LogP contribution in [-0.4, -0.2) is 110 Å². The highest BCUT2D eigenvalue weighted by Gasteiger charge is 2.44. The first-order chi connectivity index (χ1) is 26.2. The van der Waals surface area contributed by atoms with Gasteiger partial charge in [-0.1, -0.05) is 154 Å². The van der Waals surface area contributed by atoms with E-state index in [0.717, 1.165) is 44.9 Å². The Kier molecular flexibility index (Phi) is 31.6. The third-order valence-electron chi connectivity index (χ3n) is 10.5. The Morgan fingerprint density at radius 3 is 1.67 bits per heavy atom. The van der Waals surface area contributed by atoms with Crippen molar-refractivity contribution in [2.24, 2.45) is 0 Å². The molecule has 1 fully saturated rings. The number of carbonyl (C=O) groups is 1. The minimum absolute atomic E-state index is 0.252. The number of hydrogen-bond acceptors (Lipinski definition) is 10. The first-order valence-corrected chi connectivity index (χ1v) is 21.7. The fourth-order valence-corrected chi connectivity index (χ4v) is 6.82. The van der Waals surface area contributed by atoms with Crippen LogP contribution in [0.1, 0.15) is 174 Å². The lowest BCUT2D eigenvalue weighted by atomic mass is 9.98. The Morgan fingerprint density at radius 1 is 0.648 bits per heavy atom. The van der Waals surface area contributed by atoms with Gasteiger partial charge in [0, 0.05) is 0 Å². The second-order valence-corrected chi connectivity index (χ2v) is 15.4. The average Bonchev–Trinajstić information content (AvgIpc) is 3.17. The van der Waals surface area contributed by atoms with Gasteiger partial charge in [0.1, 0.15) is 36.6 Å². The quantitative estimate of drug-likeness (QED) is 0.0269. The van der Waals surface area contributed by atoms with E-state index in [1.54, 1.807) is 0 Å². The monoisotopic (exact) mass is 772 g/mol. The number of hydrogen-bond donors (Lipinski definition) is 8. The van der Waals surface area contributed by atoms with Crippen molar-refractivity contribution in [3.05, 3.63) is 24.3 Å². The van der Waals surface area contributed by atoms with Crippen LogP contribution in [0.2, 0.25) is 0 Å². The molecular weight excluding hydrogens is 690 g/mol. The molecule has 54 heavy (non-hydrogen) atoms. The number of ether oxygens (including phenoxy) is 2. The molecule has 1 rings (SSSR count). The zero-order chi connectivity index (χ0) is 39.8. The smallest absolute Gasteiger partial charge is 0.249 e. The molecule has 0 saturated carbocycles. The molecule has 11 nitrogen and oxygen atoms in total. The van der Waals surface area contributed by atoms with Crippen molar-refractivity contribution < 1.29 is 50.0 Å². The summed E-state index contributed by atoms with van der Waals surface area (Å²) in [5.41, 5.74) is 0. The first-order valence-electron chi connectivity index (χ1n) is 21.7. The van der Waals surface area contributed by atoms with Crippen LogP contribution >= 0.6 is 0 Å². The summed E-state index contributed by atoms with van der Waals surface area (Å²) in [6, 6.07) is -1.16. The van der Waals surface area contributed by atoms with Gasteiger partial charge >= 0.3 is 0 Å². The fourth-order valence-electron chi connectivity index (χ4n) is 6.82. The predicted octanol–water partition coefficient (Wildman–Crippen LogP) is 6.28. The topological polar surface area (TPSA) is 189 Å². The number of carbonyl (C=O) groups excluding carboxylic acids is 1. The molecule has 318 valence electrons. The molecule has 1 aliphatic heterocycles. The molecule has 0 spiro atoms. The van der Waals surface area contributed by atoms with E-state index in [-0.39, 0.29) is 6.42 Å². The Morgan fingerprint density at radius 2 is 1.13 bits per heavy atom. The van der Waals surface area contributed by atoms with Crippen molar-refractivity contribution in [3.8, 4) is 0 Å². The molecule has 8 N–H and O–H groups in total. The van der Waals surface area contributed by atoms with Crippen molar-refractivity contribution in [1.29, 1.82) is 0 Å². The fraction of sp³-hybridized carbons (Fsp3) is 0.884. The minimum Gasteiger partial charge on any atom is -0.394 e. The molecule has 0 aliphatic carbocycles. The molecule has 9 atom stereocenters. The molecule has 0 aromatic carbocycles. The van der Waals surface area contributed by atoms with Crippen molar-refractivity contribution >= 4 is 5.91 Å². The second kappa shape index (κ2) is 33.7. The van der Waals surface area contributed by atoms with E-state index in [2.05, 4.69) is 36.5 Å². The number of aliphatic hydroxyl groups is 7. The van der Waals surface area contributed by atoms with Gasteiger partial charge in [-0.05, 0) is 44.9 Å². The first kappa shape index (κ1) is 50.6. The van der Waals surface area contributed by atoms with Crippen LogP contribution in [0.3, 0.4) is 0 Å². The summed E-state index contributed by atoms with van der Waals surface area (Å²) in [5.74, 6) is -0.712. The van der Waals surface area contributed by atoms with Crippen molar-refractivity contribution in [3.63, 3.8) is 0 Å². The third kappa shape index (κ3) is 23.6. The largest absolute Gasteiger partial charge is 0.394 e. The number of nitrogens with one attached hydrogen (secondary N) is 1. The van der Waals surface area contributed by atoms with E-state index in [9.17, 15) is 40.5 Å². The number of allylic oxidation sites excluding steroid dienone is 4. The van der Waals surface area contributed by atoms with Crippen LogP contribution in [0.5, 0.6) is 0 Å². The lowest BCUT2D eigenvalue weighted by Gasteiger charge is -2.40. The number of aliphatic hydroxyl groups excluding tert-OH is 7. The molecule has 9 unspecified atom stereocenters. The second-order valence-electron chi connectivity index (χ2n) is 15.4. The van der Waals surface area contributed by atoms with E-state index in [4.69, 9.17) is 9.47 Å². The molecule has 0 aromatic rings. The van der Waals surface area contributed by atoms with Gasteiger partial charge in [-0.2, -0.15) is 0 Å². The number of unbranched alkanes of at least 4 members (excludes halogenated alkanes) is 19. The Hall–Kier alpha value is -1.41. The van der Waals surface area contributed by atoms with Gasteiger partial charge in [-0.3, -0.25) is 4.79 Å². The van der Waals surface area contributed by atoms with Gasteiger partial charge < -0.3 is 50.5 Å². The normalized spacial score (nSPS) is 22.9. The molecule has 1 amide bonds. The van der Waals surface area contributed by atoms with E-state index < -0.39 is 74.2 Å². The van der Waals surface area contributed by atoms with Gasteiger partial charge in [0.2, 0.25) is 5.91 Å². The SMILES string of the molecule is CCCCCCCCCCC/C=C\C/C=C\CCCCCCCCCCC(O)C(=O)NC(COC1OC(CO)C(O)C(O)C1O)C(O)C(O)CCCCC. The maximum absolute atomic E-state index is 12.9. The molecule has 11 heteroatoms. The van der Waals surface area contributed by atoms with E-state index in [1.807, 2.05) is 6.92 Å². The van der Waals surface area contributed by atoms with Crippen LogP contribution < -0.4 is 5.32 Å². The molecule has 0 aromatic heterocycles. The standard InChI is InChI=1S/C43H81NO10/c1-3-5-7-8-9-10-11-12-13-14-15-16-17-18-19-20-21-22-23-24-25-26-27-29-31-36(47)42(52)44-34(38(48)35(46)30-28-6-4-2)33-53-43-41(51)40(50)39(49)37(32-45)54-43/h15-16,18-19,34-41,43,45-51H,3-14,17,20-33H2,1-2H3,(H,44,52)/b16-15-,19-18-. The lowest BCUT2D eigenvalue weighted by molar-refractivity contribution is -0.303. The van der Waals surface area contributed by atoms with Crippen LogP contribution in [0.4, 0.5) is 0 Å². The summed E-state index contributed by atoms with van der Waals surface area (Å²) < 4.78 is 10.9. The molecular formula is C43H81NO10. The molecule has 1 aliphatic rings. The molecule has 0 radical (unpaired) electrons. The van der Waals surface area contributed by atoms with Gasteiger partial charge in [-0.25, -0.2) is 0 Å². The zero-order valence-electron chi connectivity index (χ0n) is 34.0. The molecule has 1 heterocycles. The summed E-state index contributed by atoms with van der Waals surface area (Å²) >= 11 is 0. The van der Waals surface area contributed by atoms with Crippen molar-refractivity contribution in [2.75, 3.05) is 13.2 Å². The van der Waals surface area contributed by atoms with E-state index >= 15 is 0 Å².